The molecular weight excluding hydrogens is 200 g/mol. The van der Waals surface area contributed by atoms with E-state index in [1.54, 1.807) is 6.26 Å². The lowest BCUT2D eigenvalue weighted by molar-refractivity contribution is 0.498. The summed E-state index contributed by atoms with van der Waals surface area (Å²) in [6, 6.07) is 7.95. The van der Waals surface area contributed by atoms with Crippen molar-refractivity contribution in [1.29, 1.82) is 0 Å². The molecule has 0 aromatic carbocycles. The van der Waals surface area contributed by atoms with Gasteiger partial charge < -0.3 is 9.73 Å². The van der Waals surface area contributed by atoms with Gasteiger partial charge in [0.2, 0.25) is 0 Å². The Morgan fingerprint density at radius 3 is 3.00 bits per heavy atom. The highest BCUT2D eigenvalue weighted by Crippen LogP contribution is 2.03. The third-order valence-electron chi connectivity index (χ3n) is 2.54. The van der Waals surface area contributed by atoms with E-state index in [0.29, 0.717) is 0 Å². The van der Waals surface area contributed by atoms with Crippen molar-refractivity contribution >= 4 is 0 Å². The summed E-state index contributed by atoms with van der Waals surface area (Å²) in [6.07, 6.45) is 4.45. The summed E-state index contributed by atoms with van der Waals surface area (Å²) >= 11 is 0. The molecule has 0 aliphatic rings. The second-order valence-electron chi connectivity index (χ2n) is 3.77. The quantitative estimate of drug-likeness (QED) is 0.779. The van der Waals surface area contributed by atoms with E-state index in [2.05, 4.69) is 23.3 Å². The molecule has 2 heterocycles. The predicted octanol–water partition coefficient (Wildman–Crippen LogP) is 2.32. The van der Waals surface area contributed by atoms with Gasteiger partial charge in [-0.15, -0.1) is 0 Å². The summed E-state index contributed by atoms with van der Waals surface area (Å²) in [5, 5.41) is 3.36. The van der Waals surface area contributed by atoms with Gasteiger partial charge in [0.05, 0.1) is 12.0 Å². The molecule has 0 atom stereocenters. The normalized spacial score (nSPS) is 10.6. The minimum absolute atomic E-state index is 0.813. The van der Waals surface area contributed by atoms with Gasteiger partial charge >= 0.3 is 0 Å². The lowest BCUT2D eigenvalue weighted by Gasteiger charge is -2.05. The van der Waals surface area contributed by atoms with Crippen LogP contribution in [0.1, 0.15) is 17.0 Å². The van der Waals surface area contributed by atoms with Crippen molar-refractivity contribution in [2.24, 2.45) is 0 Å². The molecule has 0 saturated carbocycles. The van der Waals surface area contributed by atoms with Crippen LogP contribution in [0.4, 0.5) is 0 Å². The molecule has 0 aliphatic heterocycles. The van der Waals surface area contributed by atoms with E-state index in [0.717, 1.165) is 31.0 Å². The Bertz CT molecular complexity index is 423. The van der Waals surface area contributed by atoms with E-state index < -0.39 is 0 Å². The molecule has 2 rings (SSSR count). The Balaban J connectivity index is 1.74. The molecule has 0 fully saturated rings. The molecule has 0 saturated heterocycles. The number of aromatic nitrogens is 1. The van der Waals surface area contributed by atoms with Crippen LogP contribution in [0.3, 0.4) is 0 Å². The molecule has 16 heavy (non-hydrogen) atoms. The molecular formula is C13H16N2O. The molecule has 0 bridgehead atoms. The zero-order chi connectivity index (χ0) is 11.2. The summed E-state index contributed by atoms with van der Waals surface area (Å²) in [7, 11) is 0. The molecule has 3 nitrogen and oxygen atoms in total. The number of rotatable bonds is 5. The Morgan fingerprint density at radius 2 is 2.25 bits per heavy atom. The van der Waals surface area contributed by atoms with Gasteiger partial charge in [0, 0.05) is 25.7 Å². The molecule has 2 aromatic rings. The average Bonchev–Trinajstić information content (AvgIpc) is 2.79. The molecule has 1 N–H and O–H groups in total. The fraction of sp³-hybridized carbons (Fsp3) is 0.308. The Labute approximate surface area is 95.5 Å². The van der Waals surface area contributed by atoms with Gasteiger partial charge in [0.25, 0.3) is 0 Å². The van der Waals surface area contributed by atoms with E-state index in [1.165, 1.54) is 5.56 Å². The molecule has 2 aromatic heterocycles. The van der Waals surface area contributed by atoms with Gasteiger partial charge in [0.1, 0.15) is 5.76 Å². The molecule has 0 amide bonds. The van der Waals surface area contributed by atoms with E-state index >= 15 is 0 Å². The summed E-state index contributed by atoms with van der Waals surface area (Å²) in [5.74, 6) is 1.02. The van der Waals surface area contributed by atoms with Crippen molar-refractivity contribution in [2.75, 3.05) is 6.54 Å². The van der Waals surface area contributed by atoms with Gasteiger partial charge in [-0.3, -0.25) is 4.98 Å². The molecule has 0 aliphatic carbocycles. The van der Waals surface area contributed by atoms with Crippen LogP contribution in [0, 0.1) is 6.92 Å². The minimum atomic E-state index is 0.813. The highest BCUT2D eigenvalue weighted by atomic mass is 16.3. The number of pyridine rings is 1. The fourth-order valence-corrected chi connectivity index (χ4v) is 1.58. The van der Waals surface area contributed by atoms with Gasteiger partial charge in [0.15, 0.2) is 0 Å². The summed E-state index contributed by atoms with van der Waals surface area (Å²) in [5.41, 5.74) is 2.34. The summed E-state index contributed by atoms with van der Waals surface area (Å²) in [4.78, 5) is 4.33. The van der Waals surface area contributed by atoms with Crippen molar-refractivity contribution in [3.8, 4) is 0 Å². The maximum Gasteiger partial charge on any atom is 0.105 e. The predicted molar refractivity (Wildman–Crippen MR) is 63.1 cm³/mol. The zero-order valence-corrected chi connectivity index (χ0v) is 9.44. The maximum absolute atomic E-state index is 5.25. The number of nitrogens with zero attached hydrogens (tertiary/aromatic N) is 1. The number of hydrogen-bond acceptors (Lipinski definition) is 3. The molecule has 84 valence electrons. The van der Waals surface area contributed by atoms with Crippen LogP contribution in [0.5, 0.6) is 0 Å². The zero-order valence-electron chi connectivity index (χ0n) is 9.44. The van der Waals surface area contributed by atoms with Crippen molar-refractivity contribution < 1.29 is 4.42 Å². The lowest BCUT2D eigenvalue weighted by atomic mass is 10.2. The highest BCUT2D eigenvalue weighted by Gasteiger charge is 1.98. The molecule has 0 radical (unpaired) electrons. The van der Waals surface area contributed by atoms with Crippen LogP contribution in [-0.4, -0.2) is 11.5 Å². The van der Waals surface area contributed by atoms with E-state index in [1.807, 2.05) is 24.4 Å². The van der Waals surface area contributed by atoms with Crippen LogP contribution < -0.4 is 5.32 Å². The van der Waals surface area contributed by atoms with Gasteiger partial charge in [-0.25, -0.2) is 0 Å². The topological polar surface area (TPSA) is 38.1 Å². The van der Waals surface area contributed by atoms with E-state index in [4.69, 9.17) is 4.42 Å². The summed E-state index contributed by atoms with van der Waals surface area (Å²) < 4.78 is 5.25. The SMILES string of the molecule is Cc1cccnc1CNCCc1ccco1. The van der Waals surface area contributed by atoms with Crippen LogP contribution in [0.25, 0.3) is 0 Å². The molecule has 0 spiro atoms. The van der Waals surface area contributed by atoms with Crippen LogP contribution in [-0.2, 0) is 13.0 Å². The van der Waals surface area contributed by atoms with Crippen LogP contribution in [0.15, 0.2) is 41.1 Å². The number of nitrogens with one attached hydrogen (secondary N) is 1. The second kappa shape index (κ2) is 5.47. The van der Waals surface area contributed by atoms with Gasteiger partial charge in [-0.05, 0) is 30.7 Å². The van der Waals surface area contributed by atoms with Crippen LogP contribution in [0.2, 0.25) is 0 Å². The summed E-state index contributed by atoms with van der Waals surface area (Å²) in [6.45, 7) is 3.80. The number of aryl methyl sites for hydroxylation is 1. The first-order valence-corrected chi connectivity index (χ1v) is 5.50. The van der Waals surface area contributed by atoms with Gasteiger partial charge in [-0.2, -0.15) is 0 Å². The van der Waals surface area contributed by atoms with Crippen molar-refractivity contribution in [1.82, 2.24) is 10.3 Å². The fourth-order valence-electron chi connectivity index (χ4n) is 1.58. The monoisotopic (exact) mass is 216 g/mol. The smallest absolute Gasteiger partial charge is 0.105 e. The van der Waals surface area contributed by atoms with Crippen LogP contribution >= 0.6 is 0 Å². The number of furan rings is 1. The Hall–Kier alpha value is -1.61. The maximum atomic E-state index is 5.25. The van der Waals surface area contributed by atoms with Crippen molar-refractivity contribution in [3.63, 3.8) is 0 Å². The first-order valence-electron chi connectivity index (χ1n) is 5.50. The third-order valence-corrected chi connectivity index (χ3v) is 2.54. The van der Waals surface area contributed by atoms with Gasteiger partial charge in [-0.1, -0.05) is 6.07 Å². The molecule has 0 unspecified atom stereocenters. The van der Waals surface area contributed by atoms with E-state index in [-0.39, 0.29) is 0 Å². The average molecular weight is 216 g/mol. The highest BCUT2D eigenvalue weighted by molar-refractivity contribution is 5.17. The number of hydrogen-bond donors (Lipinski definition) is 1. The Morgan fingerprint density at radius 1 is 1.31 bits per heavy atom. The second-order valence-corrected chi connectivity index (χ2v) is 3.77. The first kappa shape index (κ1) is 10.9. The Kier molecular flexibility index (Phi) is 3.72. The largest absolute Gasteiger partial charge is 0.469 e. The van der Waals surface area contributed by atoms with Crippen molar-refractivity contribution in [2.45, 2.75) is 19.9 Å². The lowest BCUT2D eigenvalue weighted by Crippen LogP contribution is -2.17. The van der Waals surface area contributed by atoms with Crippen molar-refractivity contribution in [3.05, 3.63) is 53.7 Å². The minimum Gasteiger partial charge on any atom is -0.469 e. The van der Waals surface area contributed by atoms with E-state index in [9.17, 15) is 0 Å². The third kappa shape index (κ3) is 2.94. The standard InChI is InChI=1S/C13H16N2O/c1-11-4-2-7-15-13(11)10-14-8-6-12-5-3-9-16-12/h2-5,7,9,14H,6,8,10H2,1H3. The molecule has 3 heteroatoms. The first-order chi connectivity index (χ1) is 7.86.